The second-order valence-corrected chi connectivity index (χ2v) is 25.1. The van der Waals surface area contributed by atoms with Crippen LogP contribution in [0.3, 0.4) is 0 Å². The molecular formula is C58H51FIrN4SSi-2. The van der Waals surface area contributed by atoms with Crippen molar-refractivity contribution in [2.75, 3.05) is 0 Å². The van der Waals surface area contributed by atoms with Gasteiger partial charge >= 0.3 is 0 Å². The van der Waals surface area contributed by atoms with E-state index in [4.69, 9.17) is 15.5 Å². The van der Waals surface area contributed by atoms with E-state index in [2.05, 4.69) is 171 Å². The van der Waals surface area contributed by atoms with Gasteiger partial charge in [-0.2, -0.15) is 11.3 Å². The van der Waals surface area contributed by atoms with Crippen LogP contribution in [0.5, 0.6) is 0 Å². The third-order valence-corrected chi connectivity index (χ3v) is 15.4. The Morgan fingerprint density at radius 3 is 2.09 bits per heavy atom. The molecule has 0 fully saturated rings. The van der Waals surface area contributed by atoms with Crippen LogP contribution in [0.1, 0.15) is 62.7 Å². The van der Waals surface area contributed by atoms with Gasteiger partial charge in [-0.25, -0.2) is 4.98 Å². The molecule has 66 heavy (non-hydrogen) atoms. The number of hydrogen-bond donors (Lipinski definition) is 0. The molecular weight excluding hydrogens is 1020 g/mol. The van der Waals surface area contributed by atoms with Crippen molar-refractivity contribution in [1.29, 1.82) is 0 Å². The Kier molecular flexibility index (Phi) is 10.6. The maximum absolute atomic E-state index is 14.5. The molecule has 0 bridgehead atoms. The fourth-order valence-electron chi connectivity index (χ4n) is 8.85. The van der Waals surface area contributed by atoms with E-state index in [-0.39, 0.29) is 36.6 Å². The SMILES string of the molecule is CC(C)(C)c1ccc(-n2c(-c3[c-]ccc4c3sc3nc5c(ccc6ccccc65)cc34)nc3c4ccccc4ccc32)cc1.[2H]C([2H])([2H])c1c[c-]c(-c2cc(C([2H])(C)C)c([Si](C)(C)C)cn2)c(F)c1.[Ir]. The standard InChI is InChI=1S/C40H28N3S.C18H23FNSi.Ir/c1-40(2,3)27-18-20-28(21-19-27)43-34-22-17-25-10-5-7-12-30(25)36(34)41-38(43)32-14-8-13-31-33-23-26-16-15-24-9-4-6-11-29(24)35(26)42-39(33)44-37(31)32;1-12(2)15-10-17(20-11-18(15)21(4,5)6)14-8-7-13(3)9-16(14)19;/h4-13,15-23H,1-3H3;7,9-12H,1-6H3;/q2*-1;/i;3D3,12D;. The van der Waals surface area contributed by atoms with Crippen molar-refractivity contribution < 1.29 is 30.0 Å². The van der Waals surface area contributed by atoms with E-state index in [9.17, 15) is 4.39 Å². The van der Waals surface area contributed by atoms with Crippen molar-refractivity contribution in [1.82, 2.24) is 19.5 Å². The minimum atomic E-state index is -2.38. The second-order valence-electron chi connectivity index (χ2n) is 19.1. The van der Waals surface area contributed by atoms with Gasteiger partial charge in [0, 0.05) is 64.8 Å². The number of nitrogens with zero attached hydrogens (tertiary/aromatic N) is 4. The number of benzene rings is 7. The van der Waals surface area contributed by atoms with Gasteiger partial charge in [-0.1, -0.05) is 168 Å². The van der Waals surface area contributed by atoms with Gasteiger partial charge in [0.2, 0.25) is 0 Å². The van der Waals surface area contributed by atoms with E-state index in [0.717, 1.165) is 70.7 Å². The minimum absolute atomic E-state index is 0. The number of hydrogen-bond acceptors (Lipinski definition) is 4. The quantitative estimate of drug-likeness (QED) is 0.0980. The van der Waals surface area contributed by atoms with Crippen LogP contribution in [0.25, 0.3) is 92.1 Å². The van der Waals surface area contributed by atoms with Crippen molar-refractivity contribution in [3.63, 3.8) is 0 Å². The summed E-state index contributed by atoms with van der Waals surface area (Å²) in [5.41, 5.74) is 7.83. The van der Waals surface area contributed by atoms with Crippen molar-refractivity contribution >= 4 is 88.4 Å². The smallest absolute Gasteiger partial charge is 0.114 e. The Hall–Kier alpha value is -5.89. The van der Waals surface area contributed by atoms with Crippen LogP contribution in [0.4, 0.5) is 4.39 Å². The monoisotopic (exact) mass is 1080 g/mol. The molecule has 0 aliphatic heterocycles. The summed E-state index contributed by atoms with van der Waals surface area (Å²) in [6.45, 7) is 14.5. The molecule has 0 saturated heterocycles. The number of halogens is 1. The van der Waals surface area contributed by atoms with Gasteiger partial charge in [-0.3, -0.25) is 9.37 Å². The first-order valence-corrected chi connectivity index (χ1v) is 26.3. The molecule has 4 aromatic heterocycles. The molecule has 0 aliphatic carbocycles. The Labute approximate surface area is 410 Å². The molecule has 0 spiro atoms. The molecule has 331 valence electrons. The van der Waals surface area contributed by atoms with Crippen molar-refractivity contribution in [2.45, 2.75) is 72.4 Å². The molecule has 0 unspecified atom stereocenters. The molecule has 4 nitrogen and oxygen atoms in total. The number of pyridine rings is 2. The molecule has 11 aromatic rings. The number of imidazole rings is 1. The third-order valence-electron chi connectivity index (χ3n) is 12.3. The summed E-state index contributed by atoms with van der Waals surface area (Å²) >= 11 is 1.73. The zero-order chi connectivity index (χ0) is 48.8. The number of aromatic nitrogens is 4. The van der Waals surface area contributed by atoms with Crippen LogP contribution < -0.4 is 5.19 Å². The van der Waals surface area contributed by atoms with Crippen molar-refractivity contribution in [3.05, 3.63) is 174 Å². The third kappa shape index (κ3) is 8.19. The molecule has 0 atom stereocenters. The average Bonchev–Trinajstić information content (AvgIpc) is 3.88. The predicted octanol–water partition coefficient (Wildman–Crippen LogP) is 15.7. The molecule has 8 heteroatoms. The van der Waals surface area contributed by atoms with Gasteiger partial charge in [0.05, 0.1) is 30.4 Å². The van der Waals surface area contributed by atoms with Crippen molar-refractivity contribution in [3.8, 4) is 28.3 Å². The number of fused-ring (bicyclic) bond motifs is 9. The fraction of sp³-hybridized carbons (Fsp3) is 0.190. The predicted molar refractivity (Wildman–Crippen MR) is 278 cm³/mol. The zero-order valence-electron chi connectivity index (χ0n) is 42.2. The normalized spacial score (nSPS) is 13.3. The van der Waals surface area contributed by atoms with Gasteiger partial charge in [-0.05, 0) is 67.5 Å². The molecule has 4 heterocycles. The Morgan fingerprint density at radius 1 is 0.742 bits per heavy atom. The Bertz CT molecular complexity index is 3810. The van der Waals surface area contributed by atoms with E-state index >= 15 is 0 Å². The number of thiophene rings is 1. The molecule has 0 saturated carbocycles. The van der Waals surface area contributed by atoms with Gasteiger partial charge in [-0.15, -0.1) is 42.0 Å². The molecule has 1 radical (unpaired) electrons. The summed E-state index contributed by atoms with van der Waals surface area (Å²) in [5, 5.41) is 9.31. The topological polar surface area (TPSA) is 43.6 Å². The van der Waals surface area contributed by atoms with Gasteiger partial charge < -0.3 is 9.55 Å². The molecule has 0 N–H and O–H groups in total. The summed E-state index contributed by atoms with van der Waals surface area (Å²) in [5.74, 6) is -0.620. The van der Waals surface area contributed by atoms with E-state index in [1.807, 2.05) is 6.07 Å². The largest absolute Gasteiger partial charge is 0.333 e. The second kappa shape index (κ2) is 17.4. The molecule has 0 aliphatic rings. The van der Waals surface area contributed by atoms with Crippen LogP contribution in [-0.2, 0) is 25.5 Å². The summed E-state index contributed by atoms with van der Waals surface area (Å²) in [4.78, 5) is 16.1. The van der Waals surface area contributed by atoms with Crippen molar-refractivity contribution in [2.24, 2.45) is 0 Å². The first kappa shape index (κ1) is 40.4. The van der Waals surface area contributed by atoms with Crippen LogP contribution in [0, 0.1) is 24.8 Å². The molecule has 7 aromatic carbocycles. The molecule has 11 rings (SSSR count). The summed E-state index contributed by atoms with van der Waals surface area (Å²) in [6, 6.07) is 51.6. The van der Waals surface area contributed by atoms with E-state index < -0.39 is 26.6 Å². The summed E-state index contributed by atoms with van der Waals surface area (Å²) in [6.07, 6.45) is 1.73. The fourth-order valence-corrected chi connectivity index (χ4v) is 11.6. The van der Waals surface area contributed by atoms with E-state index in [1.54, 1.807) is 37.4 Å². The first-order valence-electron chi connectivity index (χ1n) is 24.0. The van der Waals surface area contributed by atoms with Crippen LogP contribution in [0.2, 0.25) is 19.6 Å². The maximum atomic E-state index is 14.5. The Morgan fingerprint density at radius 2 is 1.42 bits per heavy atom. The minimum Gasteiger partial charge on any atom is -0.333 e. The van der Waals surface area contributed by atoms with Crippen LogP contribution in [0.15, 0.2) is 140 Å². The van der Waals surface area contributed by atoms with Gasteiger partial charge in [0.15, 0.2) is 0 Å². The van der Waals surface area contributed by atoms with Gasteiger partial charge in [0.25, 0.3) is 0 Å². The maximum Gasteiger partial charge on any atom is 0.114 e. The first-order chi connectivity index (χ1) is 32.6. The van der Waals surface area contributed by atoms with E-state index in [0.29, 0.717) is 5.69 Å². The zero-order valence-corrected chi connectivity index (χ0v) is 42.4. The van der Waals surface area contributed by atoms with Crippen LogP contribution in [-0.4, -0.2) is 27.6 Å². The Balaban J connectivity index is 0.000000201. The average molecular weight is 1080 g/mol. The van der Waals surface area contributed by atoms with Gasteiger partial charge in [0.1, 0.15) is 4.83 Å². The number of aryl methyl sites for hydroxylation is 1. The number of rotatable bonds is 5. The summed E-state index contributed by atoms with van der Waals surface area (Å²) in [7, 11) is -1.72. The van der Waals surface area contributed by atoms with E-state index in [1.165, 1.54) is 38.6 Å². The molecule has 0 amide bonds. The van der Waals surface area contributed by atoms with Crippen LogP contribution >= 0.6 is 11.3 Å². The summed E-state index contributed by atoms with van der Waals surface area (Å²) < 4.78 is 48.5.